The molecule has 11 heteroatoms. The standard InChI is InChI=1S/C27H29F3N6O2/c1-18-5-4-12-31-24(18)22-11-10-21-25(32-20-8-6-19(7-9-20)27(28,29)30)34-23(35-26(21)33-22)17-36(13-15-37-2)14-16-38-3/h4-12H,13-17H2,1-3H3,(H,32,33,34,35). The van der Waals surface area contributed by atoms with Gasteiger partial charge in [0.15, 0.2) is 5.65 Å². The predicted molar refractivity (Wildman–Crippen MR) is 139 cm³/mol. The molecule has 0 aliphatic heterocycles. The number of nitrogens with one attached hydrogen (secondary N) is 1. The van der Waals surface area contributed by atoms with Crippen LogP contribution >= 0.6 is 0 Å². The molecule has 0 fully saturated rings. The molecule has 3 heterocycles. The summed E-state index contributed by atoms with van der Waals surface area (Å²) in [6.45, 7) is 4.69. The Morgan fingerprint density at radius 2 is 1.61 bits per heavy atom. The van der Waals surface area contributed by atoms with Gasteiger partial charge < -0.3 is 14.8 Å². The second-order valence-electron chi connectivity index (χ2n) is 8.69. The first-order chi connectivity index (χ1) is 18.3. The summed E-state index contributed by atoms with van der Waals surface area (Å²) < 4.78 is 49.6. The van der Waals surface area contributed by atoms with Gasteiger partial charge >= 0.3 is 6.18 Å². The number of nitrogens with zero attached hydrogens (tertiary/aromatic N) is 5. The number of methoxy groups -OCH3 is 2. The lowest BCUT2D eigenvalue weighted by molar-refractivity contribution is -0.137. The molecule has 8 nitrogen and oxygen atoms in total. The summed E-state index contributed by atoms with van der Waals surface area (Å²) in [6, 6.07) is 12.3. The molecule has 38 heavy (non-hydrogen) atoms. The number of hydrogen-bond donors (Lipinski definition) is 1. The molecule has 4 rings (SSSR count). The maximum Gasteiger partial charge on any atom is 0.416 e. The van der Waals surface area contributed by atoms with E-state index in [0.717, 1.165) is 23.4 Å². The van der Waals surface area contributed by atoms with Crippen LogP contribution in [-0.2, 0) is 22.2 Å². The molecule has 0 atom stereocenters. The van der Waals surface area contributed by atoms with Crippen LogP contribution in [0, 0.1) is 6.92 Å². The van der Waals surface area contributed by atoms with E-state index >= 15 is 0 Å². The zero-order chi connectivity index (χ0) is 27.1. The summed E-state index contributed by atoms with van der Waals surface area (Å²) in [5, 5.41) is 3.79. The lowest BCUT2D eigenvalue weighted by Gasteiger charge is -2.21. The average molecular weight is 527 g/mol. The number of pyridine rings is 2. The van der Waals surface area contributed by atoms with Crippen molar-refractivity contribution in [1.29, 1.82) is 0 Å². The van der Waals surface area contributed by atoms with Gasteiger partial charge in [0, 0.05) is 39.2 Å². The Labute approximate surface area is 218 Å². The average Bonchev–Trinajstić information content (AvgIpc) is 2.90. The zero-order valence-corrected chi connectivity index (χ0v) is 21.4. The number of aromatic nitrogens is 4. The fraction of sp³-hybridized carbons (Fsp3) is 0.333. The highest BCUT2D eigenvalue weighted by atomic mass is 19.4. The molecular weight excluding hydrogens is 497 g/mol. The van der Waals surface area contributed by atoms with Crippen molar-refractivity contribution in [2.75, 3.05) is 45.8 Å². The Balaban J connectivity index is 1.74. The number of hydrogen-bond acceptors (Lipinski definition) is 8. The molecule has 0 amide bonds. The van der Waals surface area contributed by atoms with E-state index in [2.05, 4.69) is 15.2 Å². The quantitative estimate of drug-likeness (QED) is 0.284. The van der Waals surface area contributed by atoms with Crippen LogP contribution in [0.5, 0.6) is 0 Å². The number of aryl methyl sites for hydroxylation is 1. The van der Waals surface area contributed by atoms with Crippen molar-refractivity contribution in [1.82, 2.24) is 24.8 Å². The Bertz CT molecular complexity index is 1360. The monoisotopic (exact) mass is 526 g/mol. The van der Waals surface area contributed by atoms with Gasteiger partial charge in [0.05, 0.1) is 42.1 Å². The van der Waals surface area contributed by atoms with Crippen molar-refractivity contribution in [3.63, 3.8) is 0 Å². The number of ether oxygens (including phenoxy) is 2. The molecule has 0 spiro atoms. The molecule has 3 aromatic heterocycles. The third-order valence-electron chi connectivity index (χ3n) is 5.92. The molecule has 200 valence electrons. The van der Waals surface area contributed by atoms with Gasteiger partial charge in [-0.2, -0.15) is 13.2 Å². The number of halogens is 3. The normalized spacial score (nSPS) is 11.9. The van der Waals surface area contributed by atoms with E-state index < -0.39 is 11.7 Å². The number of benzene rings is 1. The van der Waals surface area contributed by atoms with Crippen LogP contribution in [0.1, 0.15) is 17.0 Å². The van der Waals surface area contributed by atoms with Crippen molar-refractivity contribution in [3.8, 4) is 11.4 Å². The molecule has 0 aliphatic rings. The molecule has 0 aliphatic carbocycles. The SMILES string of the molecule is COCCN(CCOC)Cc1nc(Nc2ccc(C(F)(F)F)cc2)c2ccc(-c3ncccc3C)nc2n1. The van der Waals surface area contributed by atoms with Gasteiger partial charge in [-0.1, -0.05) is 6.07 Å². The molecule has 0 radical (unpaired) electrons. The first-order valence-corrected chi connectivity index (χ1v) is 12.0. The van der Waals surface area contributed by atoms with E-state index in [1.165, 1.54) is 12.1 Å². The predicted octanol–water partition coefficient (Wildman–Crippen LogP) is 5.25. The van der Waals surface area contributed by atoms with Crippen LogP contribution < -0.4 is 5.32 Å². The van der Waals surface area contributed by atoms with E-state index in [4.69, 9.17) is 24.4 Å². The second kappa shape index (κ2) is 12.2. The maximum atomic E-state index is 13.0. The Kier molecular flexibility index (Phi) is 8.82. The Morgan fingerprint density at radius 1 is 0.895 bits per heavy atom. The van der Waals surface area contributed by atoms with Gasteiger partial charge in [0.2, 0.25) is 0 Å². The Hall–Kier alpha value is -3.67. The van der Waals surface area contributed by atoms with Crippen LogP contribution in [0.2, 0.25) is 0 Å². The van der Waals surface area contributed by atoms with Crippen molar-refractivity contribution in [3.05, 3.63) is 71.7 Å². The number of alkyl halides is 3. The highest BCUT2D eigenvalue weighted by Gasteiger charge is 2.30. The fourth-order valence-corrected chi connectivity index (χ4v) is 3.90. The van der Waals surface area contributed by atoms with E-state index in [-0.39, 0.29) is 0 Å². The van der Waals surface area contributed by atoms with Crippen LogP contribution in [0.25, 0.3) is 22.4 Å². The largest absolute Gasteiger partial charge is 0.416 e. The highest BCUT2D eigenvalue weighted by Crippen LogP contribution is 2.31. The summed E-state index contributed by atoms with van der Waals surface area (Å²) in [5.74, 6) is 0.946. The van der Waals surface area contributed by atoms with Crippen LogP contribution in [-0.4, -0.2) is 65.4 Å². The molecular formula is C27H29F3N6O2. The minimum absolute atomic E-state index is 0.402. The van der Waals surface area contributed by atoms with Crippen LogP contribution in [0.3, 0.4) is 0 Å². The second-order valence-corrected chi connectivity index (χ2v) is 8.69. The lowest BCUT2D eigenvalue weighted by atomic mass is 10.1. The van der Waals surface area contributed by atoms with E-state index in [0.29, 0.717) is 66.9 Å². The number of anilines is 2. The summed E-state index contributed by atoms with van der Waals surface area (Å²) in [6.07, 6.45) is -2.70. The summed E-state index contributed by atoms with van der Waals surface area (Å²) in [7, 11) is 3.27. The van der Waals surface area contributed by atoms with Gasteiger partial charge in [-0.25, -0.2) is 15.0 Å². The summed E-state index contributed by atoms with van der Waals surface area (Å²) in [5.41, 5.74) is 2.57. The fourth-order valence-electron chi connectivity index (χ4n) is 3.90. The lowest BCUT2D eigenvalue weighted by Crippen LogP contribution is -2.31. The molecule has 0 unspecified atom stereocenters. The molecule has 0 saturated heterocycles. The zero-order valence-electron chi connectivity index (χ0n) is 21.4. The summed E-state index contributed by atoms with van der Waals surface area (Å²) in [4.78, 5) is 20.8. The van der Waals surface area contributed by atoms with Crippen molar-refractivity contribution >= 4 is 22.5 Å². The van der Waals surface area contributed by atoms with Crippen LogP contribution in [0.4, 0.5) is 24.7 Å². The van der Waals surface area contributed by atoms with Crippen molar-refractivity contribution in [2.45, 2.75) is 19.6 Å². The minimum atomic E-state index is -4.41. The smallest absolute Gasteiger partial charge is 0.383 e. The molecule has 0 saturated carbocycles. The van der Waals surface area contributed by atoms with Crippen molar-refractivity contribution in [2.24, 2.45) is 0 Å². The van der Waals surface area contributed by atoms with Gasteiger partial charge in [-0.3, -0.25) is 9.88 Å². The van der Waals surface area contributed by atoms with Gasteiger partial charge in [-0.15, -0.1) is 0 Å². The molecule has 1 aromatic carbocycles. The molecule has 4 aromatic rings. The van der Waals surface area contributed by atoms with Gasteiger partial charge in [-0.05, 0) is 55.0 Å². The van der Waals surface area contributed by atoms with E-state index in [1.807, 2.05) is 31.2 Å². The minimum Gasteiger partial charge on any atom is -0.383 e. The first-order valence-electron chi connectivity index (χ1n) is 12.0. The third kappa shape index (κ3) is 6.80. The van der Waals surface area contributed by atoms with Crippen LogP contribution in [0.15, 0.2) is 54.7 Å². The third-order valence-corrected chi connectivity index (χ3v) is 5.92. The van der Waals surface area contributed by atoms with E-state index in [1.54, 1.807) is 20.4 Å². The topological polar surface area (TPSA) is 85.3 Å². The summed E-state index contributed by atoms with van der Waals surface area (Å²) >= 11 is 0. The molecule has 1 N–H and O–H groups in total. The molecule has 0 bridgehead atoms. The van der Waals surface area contributed by atoms with Crippen molar-refractivity contribution < 1.29 is 22.6 Å². The highest BCUT2D eigenvalue weighted by molar-refractivity contribution is 5.90. The van der Waals surface area contributed by atoms with Gasteiger partial charge in [0.1, 0.15) is 11.6 Å². The number of fused-ring (bicyclic) bond motifs is 1. The number of rotatable bonds is 11. The van der Waals surface area contributed by atoms with E-state index in [9.17, 15) is 13.2 Å². The first kappa shape index (κ1) is 27.4. The maximum absolute atomic E-state index is 13.0. The Morgan fingerprint density at radius 3 is 2.24 bits per heavy atom. The van der Waals surface area contributed by atoms with Gasteiger partial charge in [0.25, 0.3) is 0 Å².